The second-order valence-corrected chi connectivity index (χ2v) is 10.3. The van der Waals surface area contributed by atoms with Crippen LogP contribution in [-0.4, -0.2) is 17.9 Å². The first-order valence-electron chi connectivity index (χ1n) is 11.2. The van der Waals surface area contributed by atoms with Gasteiger partial charge in [0.05, 0.1) is 0 Å². The van der Waals surface area contributed by atoms with E-state index in [9.17, 15) is 9.59 Å². The molecule has 0 aromatic rings. The van der Waals surface area contributed by atoms with Crippen LogP contribution in [0.4, 0.5) is 0 Å². The molecule has 0 aromatic heterocycles. The third-order valence-electron chi connectivity index (χ3n) is 9.18. The van der Waals surface area contributed by atoms with Crippen molar-refractivity contribution in [2.45, 2.75) is 90.6 Å². The van der Waals surface area contributed by atoms with Crippen molar-refractivity contribution in [1.29, 1.82) is 0 Å². The van der Waals surface area contributed by atoms with E-state index in [1.54, 1.807) is 6.08 Å². The van der Waals surface area contributed by atoms with Crippen molar-refractivity contribution in [2.75, 3.05) is 0 Å². The van der Waals surface area contributed by atoms with Gasteiger partial charge in [-0.25, -0.2) is 0 Å². The number of ketones is 1. The first kappa shape index (κ1) is 19.2. The highest BCUT2D eigenvalue weighted by Gasteiger charge is 2.60. The molecule has 0 saturated heterocycles. The third-order valence-corrected chi connectivity index (χ3v) is 9.18. The van der Waals surface area contributed by atoms with E-state index in [0.29, 0.717) is 35.9 Å². The number of carbonyl (C=O) groups is 2. The van der Waals surface area contributed by atoms with E-state index in [2.05, 4.69) is 20.4 Å². The maximum absolute atomic E-state index is 12.5. The molecule has 4 aliphatic carbocycles. The molecule has 0 heterocycles. The van der Waals surface area contributed by atoms with Crippen LogP contribution in [-0.2, 0) is 14.3 Å². The number of ether oxygens (including phenoxy) is 1. The topological polar surface area (TPSA) is 43.4 Å². The number of hydrogen-bond donors (Lipinski definition) is 0. The molecule has 0 unspecified atom stereocenters. The van der Waals surface area contributed by atoms with Gasteiger partial charge in [-0.3, -0.25) is 9.59 Å². The summed E-state index contributed by atoms with van der Waals surface area (Å²) in [5, 5.41) is 0. The summed E-state index contributed by atoms with van der Waals surface area (Å²) in [5.74, 6) is 3.27. The summed E-state index contributed by atoms with van der Waals surface area (Å²) >= 11 is 0. The Bertz CT molecular complexity index is 625. The van der Waals surface area contributed by atoms with Gasteiger partial charge in [-0.15, -0.1) is 6.58 Å². The Morgan fingerprint density at radius 2 is 1.96 bits per heavy atom. The lowest BCUT2D eigenvalue weighted by Crippen LogP contribution is -2.54. The fourth-order valence-electron chi connectivity index (χ4n) is 7.56. The molecule has 3 heteroatoms. The van der Waals surface area contributed by atoms with Crippen molar-refractivity contribution >= 4 is 11.8 Å². The third kappa shape index (κ3) is 3.09. The molecule has 3 nitrogen and oxygen atoms in total. The second kappa shape index (κ2) is 7.04. The Morgan fingerprint density at radius 3 is 2.74 bits per heavy atom. The maximum Gasteiger partial charge on any atom is 0.306 e. The molecular formula is C24H36O3. The normalized spacial score (nSPS) is 46.1. The van der Waals surface area contributed by atoms with Gasteiger partial charge >= 0.3 is 5.97 Å². The summed E-state index contributed by atoms with van der Waals surface area (Å²) in [7, 11) is 0. The smallest absolute Gasteiger partial charge is 0.306 e. The summed E-state index contributed by atoms with van der Waals surface area (Å²) in [6.45, 7) is 8.46. The zero-order valence-electron chi connectivity index (χ0n) is 17.2. The molecule has 0 aliphatic heterocycles. The Balaban J connectivity index is 1.44. The Kier molecular flexibility index (Phi) is 5.01. The van der Waals surface area contributed by atoms with Crippen LogP contribution in [0.5, 0.6) is 0 Å². The van der Waals surface area contributed by atoms with E-state index < -0.39 is 0 Å². The molecule has 0 spiro atoms. The van der Waals surface area contributed by atoms with Crippen LogP contribution in [0.25, 0.3) is 0 Å². The molecule has 0 radical (unpaired) electrons. The van der Waals surface area contributed by atoms with E-state index in [1.807, 2.05) is 0 Å². The number of rotatable bonds is 4. The quantitative estimate of drug-likeness (QED) is 0.485. The largest absolute Gasteiger partial charge is 0.462 e. The van der Waals surface area contributed by atoms with E-state index in [0.717, 1.165) is 43.9 Å². The summed E-state index contributed by atoms with van der Waals surface area (Å²) in [6.07, 6.45) is 13.1. The first-order chi connectivity index (χ1) is 12.9. The van der Waals surface area contributed by atoms with Gasteiger partial charge in [0.25, 0.3) is 0 Å². The van der Waals surface area contributed by atoms with Crippen LogP contribution in [0.1, 0.15) is 84.5 Å². The van der Waals surface area contributed by atoms with Gasteiger partial charge in [-0.2, -0.15) is 0 Å². The highest BCUT2D eigenvalue weighted by atomic mass is 16.5. The van der Waals surface area contributed by atoms with Crippen LogP contribution in [0, 0.1) is 34.5 Å². The van der Waals surface area contributed by atoms with Gasteiger partial charge in [0.2, 0.25) is 0 Å². The average Bonchev–Trinajstić information content (AvgIpc) is 2.95. The van der Waals surface area contributed by atoms with Crippen molar-refractivity contribution in [3.05, 3.63) is 12.7 Å². The number of esters is 1. The van der Waals surface area contributed by atoms with Crippen molar-refractivity contribution in [1.82, 2.24) is 0 Å². The molecule has 4 rings (SSSR count). The molecule has 0 amide bonds. The highest BCUT2D eigenvalue weighted by molar-refractivity contribution is 5.87. The standard InChI is InChI=1S/C24H36O3/c1-4-5-6-22(26)27-17-11-13-23(2)16(15-17)7-8-18-19-9-10-21(25)24(19,3)14-12-20(18)23/h4,16-20H,1,5-15H2,2-3H3/t16-,17-,18-,19-,20-,23-,24-/m0/s1. The second-order valence-electron chi connectivity index (χ2n) is 10.3. The van der Waals surface area contributed by atoms with E-state index >= 15 is 0 Å². The zero-order valence-corrected chi connectivity index (χ0v) is 17.2. The van der Waals surface area contributed by atoms with Crippen LogP contribution in [0.15, 0.2) is 12.7 Å². The number of fused-ring (bicyclic) bond motifs is 5. The molecule has 150 valence electrons. The van der Waals surface area contributed by atoms with Crippen molar-refractivity contribution < 1.29 is 14.3 Å². The van der Waals surface area contributed by atoms with Gasteiger partial charge in [0.15, 0.2) is 0 Å². The molecule has 4 fully saturated rings. The predicted molar refractivity (Wildman–Crippen MR) is 106 cm³/mol. The molecule has 27 heavy (non-hydrogen) atoms. The van der Waals surface area contributed by atoms with Gasteiger partial charge in [-0.05, 0) is 86.9 Å². The molecule has 7 atom stereocenters. The van der Waals surface area contributed by atoms with E-state index in [1.165, 1.54) is 25.7 Å². The molecule has 4 aliphatic rings. The Labute approximate surface area is 164 Å². The van der Waals surface area contributed by atoms with E-state index in [4.69, 9.17) is 4.74 Å². The summed E-state index contributed by atoms with van der Waals surface area (Å²) < 4.78 is 5.79. The highest BCUT2D eigenvalue weighted by Crippen LogP contribution is 2.65. The lowest BCUT2D eigenvalue weighted by molar-refractivity contribution is -0.162. The maximum atomic E-state index is 12.5. The van der Waals surface area contributed by atoms with Crippen molar-refractivity contribution in [2.24, 2.45) is 34.5 Å². The van der Waals surface area contributed by atoms with Crippen LogP contribution >= 0.6 is 0 Å². The molecule has 4 saturated carbocycles. The fraction of sp³-hybridized carbons (Fsp3) is 0.833. The number of allylic oxidation sites excluding steroid dienone is 1. The van der Waals surface area contributed by atoms with Gasteiger partial charge < -0.3 is 4.74 Å². The summed E-state index contributed by atoms with van der Waals surface area (Å²) in [4.78, 5) is 24.6. The monoisotopic (exact) mass is 372 g/mol. The number of carbonyl (C=O) groups excluding carboxylic acids is 2. The minimum absolute atomic E-state index is 0.0255. The van der Waals surface area contributed by atoms with Gasteiger partial charge in [0, 0.05) is 18.3 Å². The minimum atomic E-state index is -0.0601. The van der Waals surface area contributed by atoms with Crippen molar-refractivity contribution in [3.8, 4) is 0 Å². The summed E-state index contributed by atoms with van der Waals surface area (Å²) in [6, 6.07) is 0. The van der Waals surface area contributed by atoms with Gasteiger partial charge in [-0.1, -0.05) is 19.9 Å². The Hall–Kier alpha value is -1.12. The van der Waals surface area contributed by atoms with Crippen molar-refractivity contribution in [3.63, 3.8) is 0 Å². The van der Waals surface area contributed by atoms with Crippen LogP contribution < -0.4 is 0 Å². The number of hydrogen-bond acceptors (Lipinski definition) is 3. The predicted octanol–water partition coefficient (Wildman–Crippen LogP) is 5.48. The SMILES string of the molecule is C=CCCC(=O)O[C@H]1CC[C@@]2(C)[C@@H](CC[C@@H]3[C@@H]2CC[C@]2(C)C(=O)CC[C@@H]32)C1. The zero-order chi connectivity index (χ0) is 19.2. The minimum Gasteiger partial charge on any atom is -0.462 e. The fourth-order valence-corrected chi connectivity index (χ4v) is 7.56. The first-order valence-corrected chi connectivity index (χ1v) is 11.2. The van der Waals surface area contributed by atoms with E-state index in [-0.39, 0.29) is 17.5 Å². The molecular weight excluding hydrogens is 336 g/mol. The van der Waals surface area contributed by atoms with Crippen LogP contribution in [0.2, 0.25) is 0 Å². The lowest BCUT2D eigenvalue weighted by atomic mass is 9.45. The lowest BCUT2D eigenvalue weighted by Gasteiger charge is -2.60. The Morgan fingerprint density at radius 1 is 1.15 bits per heavy atom. The molecule has 0 bridgehead atoms. The number of Topliss-reactive ketones (excluding diaryl/α,β-unsaturated/α-hetero) is 1. The molecule has 0 N–H and O–H groups in total. The van der Waals surface area contributed by atoms with Crippen LogP contribution in [0.3, 0.4) is 0 Å². The summed E-state index contributed by atoms with van der Waals surface area (Å²) in [5.41, 5.74) is 0.349. The molecule has 0 aromatic carbocycles. The van der Waals surface area contributed by atoms with Gasteiger partial charge in [0.1, 0.15) is 11.9 Å². The average molecular weight is 373 g/mol.